The molecule has 0 saturated heterocycles. The zero-order valence-corrected chi connectivity index (χ0v) is 20.5. The lowest BCUT2D eigenvalue weighted by atomic mass is 9.91. The molecule has 0 spiro atoms. The number of carbonyl (C=O) groups excluding carboxylic acids is 3. The quantitative estimate of drug-likeness (QED) is 0.276. The molecule has 1 unspecified atom stereocenters. The molecule has 0 bridgehead atoms. The van der Waals surface area contributed by atoms with Crippen LogP contribution in [0.5, 0.6) is 0 Å². The Balaban J connectivity index is 1.53. The second-order valence-electron chi connectivity index (χ2n) is 9.09. The summed E-state index contributed by atoms with van der Waals surface area (Å²) in [6, 6.07) is 20.7. The van der Waals surface area contributed by atoms with Crippen LogP contribution in [0.2, 0.25) is 0 Å². The number of nitrogens with zero attached hydrogens (tertiary/aromatic N) is 1. The number of nitrogens with one attached hydrogen (secondary N) is 1. The first-order valence-electron chi connectivity index (χ1n) is 12.0. The number of aryl methyl sites for hydroxylation is 1. The first-order valence-corrected chi connectivity index (χ1v) is 12.0. The molecule has 2 N–H and O–H groups in total. The standard InChI is InChI=1S/C30H26N2O5/c1-18-6-5-7-21(16-18)27(33)25-26(19-10-12-20(13-11-19)30(36)37-2)32(29(35)28(25)34)15-14-22-17-31-24-9-4-3-8-23(22)24/h3-13,16-17,26,31,34H,14-15H2,1-2H3. The smallest absolute Gasteiger partial charge is 0.337 e. The number of Topliss-reactive ketones (excluding diaryl/α,β-unsaturated/α-hetero) is 1. The van der Waals surface area contributed by atoms with Crippen LogP contribution >= 0.6 is 0 Å². The summed E-state index contributed by atoms with van der Waals surface area (Å²) in [7, 11) is 1.30. The monoisotopic (exact) mass is 494 g/mol. The van der Waals surface area contributed by atoms with Crippen molar-refractivity contribution in [2.75, 3.05) is 13.7 Å². The number of ketones is 1. The number of aliphatic hydroxyl groups is 1. The molecular weight excluding hydrogens is 468 g/mol. The number of H-pyrrole nitrogens is 1. The highest BCUT2D eigenvalue weighted by Crippen LogP contribution is 2.39. The molecule has 4 aromatic rings. The van der Waals surface area contributed by atoms with E-state index >= 15 is 0 Å². The second-order valence-corrected chi connectivity index (χ2v) is 9.09. The average molecular weight is 495 g/mol. The minimum absolute atomic E-state index is 0.0281. The van der Waals surface area contributed by atoms with Crippen molar-refractivity contribution in [2.45, 2.75) is 19.4 Å². The number of benzene rings is 3. The van der Waals surface area contributed by atoms with Crippen LogP contribution in [-0.4, -0.2) is 46.3 Å². The molecule has 0 fully saturated rings. The molecule has 1 aliphatic rings. The summed E-state index contributed by atoms with van der Waals surface area (Å²) in [6.07, 6.45) is 2.43. The normalized spacial score (nSPS) is 15.5. The van der Waals surface area contributed by atoms with Crippen LogP contribution in [0.4, 0.5) is 0 Å². The maximum absolute atomic E-state index is 13.6. The van der Waals surface area contributed by atoms with Crippen molar-refractivity contribution < 1.29 is 24.2 Å². The van der Waals surface area contributed by atoms with Gasteiger partial charge in [-0.3, -0.25) is 9.59 Å². The van der Waals surface area contributed by atoms with Crippen molar-refractivity contribution in [3.63, 3.8) is 0 Å². The van der Waals surface area contributed by atoms with E-state index in [0.29, 0.717) is 23.1 Å². The van der Waals surface area contributed by atoms with Gasteiger partial charge in [0, 0.05) is 29.2 Å². The van der Waals surface area contributed by atoms with E-state index in [9.17, 15) is 19.5 Å². The molecule has 1 amide bonds. The van der Waals surface area contributed by atoms with Crippen LogP contribution in [0, 0.1) is 6.92 Å². The lowest BCUT2D eigenvalue weighted by Crippen LogP contribution is -2.33. The molecule has 5 rings (SSSR count). The van der Waals surface area contributed by atoms with Crippen molar-refractivity contribution >= 4 is 28.6 Å². The fourth-order valence-electron chi connectivity index (χ4n) is 4.90. The second kappa shape index (κ2) is 9.78. The summed E-state index contributed by atoms with van der Waals surface area (Å²) in [6.45, 7) is 2.15. The number of fused-ring (bicyclic) bond motifs is 1. The molecular formula is C30H26N2O5. The predicted octanol–water partition coefficient (Wildman–Crippen LogP) is 5.08. The number of aromatic amines is 1. The molecule has 1 atom stereocenters. The molecule has 1 aliphatic heterocycles. The number of hydrogen-bond donors (Lipinski definition) is 2. The number of carbonyl (C=O) groups is 3. The van der Waals surface area contributed by atoms with E-state index in [2.05, 4.69) is 4.98 Å². The third-order valence-electron chi connectivity index (χ3n) is 6.77. The van der Waals surface area contributed by atoms with Gasteiger partial charge in [0.05, 0.1) is 24.3 Å². The van der Waals surface area contributed by atoms with Crippen molar-refractivity contribution in [1.82, 2.24) is 9.88 Å². The Bertz CT molecular complexity index is 1550. The highest BCUT2D eigenvalue weighted by Gasteiger charge is 2.43. The van der Waals surface area contributed by atoms with Crippen molar-refractivity contribution in [1.29, 1.82) is 0 Å². The first kappa shape index (κ1) is 24.1. The zero-order chi connectivity index (χ0) is 26.1. The van der Waals surface area contributed by atoms with E-state index in [0.717, 1.165) is 22.0 Å². The van der Waals surface area contributed by atoms with Crippen LogP contribution in [0.25, 0.3) is 10.9 Å². The van der Waals surface area contributed by atoms with Crippen LogP contribution < -0.4 is 0 Å². The summed E-state index contributed by atoms with van der Waals surface area (Å²) < 4.78 is 4.79. The van der Waals surface area contributed by atoms with Crippen molar-refractivity contribution in [2.24, 2.45) is 0 Å². The Hall–Kier alpha value is -4.65. The molecule has 7 nitrogen and oxygen atoms in total. The van der Waals surface area contributed by atoms with E-state index in [1.54, 1.807) is 42.5 Å². The number of methoxy groups -OCH3 is 1. The number of esters is 1. The van der Waals surface area contributed by atoms with Gasteiger partial charge in [-0.05, 0) is 48.7 Å². The fourth-order valence-corrected chi connectivity index (χ4v) is 4.90. The van der Waals surface area contributed by atoms with Crippen LogP contribution in [0.15, 0.2) is 90.3 Å². The van der Waals surface area contributed by atoms with Gasteiger partial charge < -0.3 is 19.7 Å². The molecule has 1 aromatic heterocycles. The lowest BCUT2D eigenvalue weighted by molar-refractivity contribution is -0.129. The molecule has 0 radical (unpaired) electrons. The minimum atomic E-state index is -0.808. The number of amides is 1. The number of aromatic nitrogens is 1. The fraction of sp³-hybridized carbons (Fsp3) is 0.167. The summed E-state index contributed by atoms with van der Waals surface area (Å²) in [5.74, 6) is -2.05. The highest BCUT2D eigenvalue weighted by molar-refractivity contribution is 6.16. The number of para-hydroxylation sites is 1. The molecule has 2 heterocycles. The van der Waals surface area contributed by atoms with Gasteiger partial charge >= 0.3 is 5.97 Å². The molecule has 0 aliphatic carbocycles. The van der Waals surface area contributed by atoms with E-state index in [1.165, 1.54) is 12.0 Å². The Morgan fingerprint density at radius 1 is 1.00 bits per heavy atom. The molecule has 7 heteroatoms. The Morgan fingerprint density at radius 3 is 2.49 bits per heavy atom. The Labute approximate surface area is 214 Å². The van der Waals surface area contributed by atoms with Gasteiger partial charge in [0.15, 0.2) is 11.5 Å². The van der Waals surface area contributed by atoms with Gasteiger partial charge in [-0.2, -0.15) is 0 Å². The minimum Gasteiger partial charge on any atom is -0.503 e. The molecule has 186 valence electrons. The third-order valence-corrected chi connectivity index (χ3v) is 6.77. The van der Waals surface area contributed by atoms with Gasteiger partial charge in [-0.25, -0.2) is 4.79 Å². The predicted molar refractivity (Wildman–Crippen MR) is 139 cm³/mol. The van der Waals surface area contributed by atoms with E-state index in [-0.39, 0.29) is 12.1 Å². The summed E-state index contributed by atoms with van der Waals surface area (Å²) >= 11 is 0. The van der Waals surface area contributed by atoms with Crippen molar-refractivity contribution in [3.8, 4) is 0 Å². The van der Waals surface area contributed by atoms with Gasteiger partial charge in [0.25, 0.3) is 5.91 Å². The maximum Gasteiger partial charge on any atom is 0.337 e. The third kappa shape index (κ3) is 4.40. The van der Waals surface area contributed by atoms with Crippen LogP contribution in [0.1, 0.15) is 43.4 Å². The number of aliphatic hydroxyl groups excluding tert-OH is 1. The Morgan fingerprint density at radius 2 is 1.76 bits per heavy atom. The van der Waals surface area contributed by atoms with Gasteiger partial charge in [-0.1, -0.05) is 54.1 Å². The molecule has 0 saturated carbocycles. The van der Waals surface area contributed by atoms with Gasteiger partial charge in [0.2, 0.25) is 0 Å². The topological polar surface area (TPSA) is 99.7 Å². The van der Waals surface area contributed by atoms with Crippen LogP contribution in [0.3, 0.4) is 0 Å². The van der Waals surface area contributed by atoms with E-state index < -0.39 is 29.5 Å². The number of hydrogen-bond acceptors (Lipinski definition) is 5. The highest BCUT2D eigenvalue weighted by atomic mass is 16.5. The van der Waals surface area contributed by atoms with Crippen LogP contribution in [-0.2, 0) is 16.0 Å². The summed E-state index contributed by atoms with van der Waals surface area (Å²) in [5.41, 5.74) is 4.30. The maximum atomic E-state index is 13.6. The number of ether oxygens (including phenoxy) is 1. The van der Waals surface area contributed by atoms with Gasteiger partial charge in [0.1, 0.15) is 0 Å². The van der Waals surface area contributed by atoms with E-state index in [4.69, 9.17) is 4.74 Å². The molecule has 3 aromatic carbocycles. The summed E-state index contributed by atoms with van der Waals surface area (Å²) in [5, 5.41) is 12.0. The first-order chi connectivity index (χ1) is 17.9. The summed E-state index contributed by atoms with van der Waals surface area (Å²) in [4.78, 5) is 43.7. The Kier molecular flexibility index (Phi) is 6.36. The van der Waals surface area contributed by atoms with E-state index in [1.807, 2.05) is 43.5 Å². The average Bonchev–Trinajstić information content (AvgIpc) is 3.44. The lowest BCUT2D eigenvalue weighted by Gasteiger charge is -2.27. The van der Waals surface area contributed by atoms with Crippen molar-refractivity contribution in [3.05, 3.63) is 118 Å². The molecule has 37 heavy (non-hydrogen) atoms. The zero-order valence-electron chi connectivity index (χ0n) is 20.5. The number of rotatable bonds is 7. The van der Waals surface area contributed by atoms with Gasteiger partial charge in [-0.15, -0.1) is 0 Å². The SMILES string of the molecule is COC(=O)c1ccc(C2C(C(=O)c3cccc(C)c3)=C(O)C(=O)N2CCc2c[nH]c3ccccc23)cc1. The largest absolute Gasteiger partial charge is 0.503 e.